The Morgan fingerprint density at radius 2 is 2.50 bits per heavy atom. The van der Waals surface area contributed by atoms with Crippen LogP contribution in [0.15, 0.2) is 6.20 Å². The fourth-order valence-corrected chi connectivity index (χ4v) is 4.89. The fraction of sp³-hybridized carbons (Fsp3) is 0.800. The van der Waals surface area contributed by atoms with Crippen molar-refractivity contribution in [3.05, 3.63) is 16.1 Å². The molecule has 5 heteroatoms. The minimum absolute atomic E-state index is 0.276. The number of likely N-dealkylation sites (tertiary alicyclic amines) is 1. The van der Waals surface area contributed by atoms with Gasteiger partial charge in [0.1, 0.15) is 11.1 Å². The summed E-state index contributed by atoms with van der Waals surface area (Å²) in [6.45, 7) is 6.90. The van der Waals surface area contributed by atoms with Crippen molar-refractivity contribution in [2.24, 2.45) is 5.41 Å². The highest BCUT2D eigenvalue weighted by atomic mass is 32.1. The van der Waals surface area contributed by atoms with Crippen molar-refractivity contribution in [1.82, 2.24) is 15.2 Å². The lowest BCUT2D eigenvalue weighted by atomic mass is 9.87. The predicted molar refractivity (Wildman–Crippen MR) is 79.9 cm³/mol. The fourth-order valence-electron chi connectivity index (χ4n) is 3.84. The van der Waals surface area contributed by atoms with Gasteiger partial charge in [-0.2, -0.15) is 0 Å². The zero-order valence-electron chi connectivity index (χ0n) is 11.9. The molecule has 0 bridgehead atoms. The molecule has 0 aromatic carbocycles. The third-order valence-corrected chi connectivity index (χ3v) is 6.08. The zero-order chi connectivity index (χ0) is 13.4. The van der Waals surface area contributed by atoms with Gasteiger partial charge in [-0.3, -0.25) is 4.90 Å². The van der Waals surface area contributed by atoms with Crippen molar-refractivity contribution in [3.8, 4) is 0 Å². The van der Waals surface area contributed by atoms with E-state index in [2.05, 4.69) is 21.4 Å². The molecule has 1 spiro atoms. The van der Waals surface area contributed by atoms with Crippen LogP contribution in [-0.2, 0) is 11.3 Å². The zero-order valence-corrected chi connectivity index (χ0v) is 12.8. The van der Waals surface area contributed by atoms with Crippen molar-refractivity contribution in [1.29, 1.82) is 0 Å². The number of nitrogens with one attached hydrogen (secondary N) is 1. The SMILES string of the molecule is c1nc(C2CCCO2)sc1CN1CCC2(CCNC2)C1. The van der Waals surface area contributed by atoms with Crippen LogP contribution in [0.2, 0.25) is 0 Å². The highest BCUT2D eigenvalue weighted by molar-refractivity contribution is 7.11. The Balaban J connectivity index is 1.37. The molecular weight excluding hydrogens is 270 g/mol. The van der Waals surface area contributed by atoms with Crippen LogP contribution in [0.3, 0.4) is 0 Å². The van der Waals surface area contributed by atoms with Crippen molar-refractivity contribution >= 4 is 11.3 Å². The van der Waals surface area contributed by atoms with Crippen LogP contribution >= 0.6 is 11.3 Å². The van der Waals surface area contributed by atoms with Gasteiger partial charge in [0.15, 0.2) is 0 Å². The van der Waals surface area contributed by atoms with E-state index < -0.39 is 0 Å². The summed E-state index contributed by atoms with van der Waals surface area (Å²) in [5.41, 5.74) is 0.572. The first-order valence-corrected chi connectivity index (χ1v) is 8.64. The number of hydrogen-bond acceptors (Lipinski definition) is 5. The van der Waals surface area contributed by atoms with E-state index in [4.69, 9.17) is 4.74 Å². The molecule has 4 heterocycles. The number of nitrogens with zero attached hydrogens (tertiary/aromatic N) is 2. The molecule has 0 saturated carbocycles. The third kappa shape index (κ3) is 2.52. The van der Waals surface area contributed by atoms with Crippen molar-refractivity contribution in [2.45, 2.75) is 38.3 Å². The van der Waals surface area contributed by atoms with E-state index in [-0.39, 0.29) is 6.10 Å². The molecule has 2 unspecified atom stereocenters. The van der Waals surface area contributed by atoms with E-state index in [0.717, 1.165) is 19.6 Å². The summed E-state index contributed by atoms with van der Waals surface area (Å²) < 4.78 is 5.72. The number of ether oxygens (including phenoxy) is 1. The topological polar surface area (TPSA) is 37.4 Å². The molecule has 3 saturated heterocycles. The smallest absolute Gasteiger partial charge is 0.122 e. The van der Waals surface area contributed by atoms with E-state index in [1.54, 1.807) is 0 Å². The molecule has 3 aliphatic heterocycles. The highest BCUT2D eigenvalue weighted by Crippen LogP contribution is 2.37. The molecule has 110 valence electrons. The summed E-state index contributed by atoms with van der Waals surface area (Å²) in [7, 11) is 0. The van der Waals surface area contributed by atoms with Crippen LogP contribution < -0.4 is 5.32 Å². The Bertz CT molecular complexity index is 463. The van der Waals surface area contributed by atoms with Gasteiger partial charge in [-0.15, -0.1) is 11.3 Å². The molecule has 3 fully saturated rings. The maximum absolute atomic E-state index is 5.72. The Hall–Kier alpha value is -0.490. The van der Waals surface area contributed by atoms with Crippen LogP contribution in [0, 0.1) is 5.41 Å². The lowest BCUT2D eigenvalue weighted by molar-refractivity contribution is 0.111. The normalized spacial score (nSPS) is 34.5. The quantitative estimate of drug-likeness (QED) is 0.927. The van der Waals surface area contributed by atoms with E-state index in [1.165, 1.54) is 55.3 Å². The van der Waals surface area contributed by atoms with E-state index >= 15 is 0 Å². The van der Waals surface area contributed by atoms with Gasteiger partial charge in [0.05, 0.1) is 0 Å². The number of aromatic nitrogens is 1. The summed E-state index contributed by atoms with van der Waals surface area (Å²) in [5, 5.41) is 4.72. The van der Waals surface area contributed by atoms with Gasteiger partial charge in [0, 0.05) is 37.3 Å². The van der Waals surface area contributed by atoms with E-state index in [0.29, 0.717) is 5.41 Å². The van der Waals surface area contributed by atoms with Crippen molar-refractivity contribution in [3.63, 3.8) is 0 Å². The van der Waals surface area contributed by atoms with Crippen molar-refractivity contribution in [2.75, 3.05) is 32.8 Å². The first-order chi connectivity index (χ1) is 9.83. The molecule has 1 aromatic rings. The van der Waals surface area contributed by atoms with Gasteiger partial charge in [0.25, 0.3) is 0 Å². The molecule has 20 heavy (non-hydrogen) atoms. The molecule has 4 rings (SSSR count). The third-order valence-electron chi connectivity index (χ3n) is 5.01. The predicted octanol–water partition coefficient (Wildman–Crippen LogP) is 2.18. The molecule has 4 nitrogen and oxygen atoms in total. The average molecular weight is 293 g/mol. The number of rotatable bonds is 3. The van der Waals surface area contributed by atoms with E-state index in [9.17, 15) is 0 Å². The van der Waals surface area contributed by atoms with Crippen LogP contribution in [0.4, 0.5) is 0 Å². The Kier molecular flexibility index (Phi) is 3.54. The van der Waals surface area contributed by atoms with Gasteiger partial charge in [0.2, 0.25) is 0 Å². The van der Waals surface area contributed by atoms with Crippen LogP contribution in [0.1, 0.15) is 41.7 Å². The van der Waals surface area contributed by atoms with Crippen molar-refractivity contribution < 1.29 is 4.74 Å². The maximum atomic E-state index is 5.72. The Morgan fingerprint density at radius 3 is 3.30 bits per heavy atom. The van der Waals surface area contributed by atoms with Crippen LogP contribution in [0.25, 0.3) is 0 Å². The second-order valence-corrected chi connectivity index (χ2v) is 7.70. The summed E-state index contributed by atoms with van der Waals surface area (Å²) in [5.74, 6) is 0. The summed E-state index contributed by atoms with van der Waals surface area (Å²) in [4.78, 5) is 8.60. The largest absolute Gasteiger partial charge is 0.371 e. The molecular formula is C15H23N3OS. The summed E-state index contributed by atoms with van der Waals surface area (Å²) in [6, 6.07) is 0. The minimum Gasteiger partial charge on any atom is -0.371 e. The second-order valence-electron chi connectivity index (χ2n) is 6.55. The van der Waals surface area contributed by atoms with Crippen LogP contribution in [-0.4, -0.2) is 42.7 Å². The lowest BCUT2D eigenvalue weighted by Gasteiger charge is -2.22. The van der Waals surface area contributed by atoms with E-state index in [1.807, 2.05) is 11.3 Å². The molecule has 1 N–H and O–H groups in total. The van der Waals surface area contributed by atoms with Gasteiger partial charge >= 0.3 is 0 Å². The summed E-state index contributed by atoms with van der Waals surface area (Å²) in [6.07, 6.45) is 7.38. The highest BCUT2D eigenvalue weighted by Gasteiger charge is 2.40. The summed E-state index contributed by atoms with van der Waals surface area (Å²) >= 11 is 1.85. The second kappa shape index (κ2) is 5.37. The molecule has 3 aliphatic rings. The first kappa shape index (κ1) is 13.2. The van der Waals surface area contributed by atoms with Gasteiger partial charge in [-0.25, -0.2) is 4.98 Å². The van der Waals surface area contributed by atoms with Gasteiger partial charge in [-0.05, 0) is 44.2 Å². The van der Waals surface area contributed by atoms with Crippen LogP contribution in [0.5, 0.6) is 0 Å². The maximum Gasteiger partial charge on any atom is 0.122 e. The number of hydrogen-bond donors (Lipinski definition) is 1. The molecule has 0 amide bonds. The standard InChI is InChI=1S/C15H23N3OS/c1-2-13(19-7-1)14-17-8-12(20-14)9-18-6-4-15(11-18)3-5-16-10-15/h8,13,16H,1-7,9-11H2. The lowest BCUT2D eigenvalue weighted by Crippen LogP contribution is -2.28. The minimum atomic E-state index is 0.276. The molecule has 0 radical (unpaired) electrons. The monoisotopic (exact) mass is 293 g/mol. The number of thiazole rings is 1. The molecule has 2 atom stereocenters. The van der Waals surface area contributed by atoms with Gasteiger partial charge < -0.3 is 10.1 Å². The molecule has 0 aliphatic carbocycles. The average Bonchev–Trinajstić information content (AvgIpc) is 3.21. The van der Waals surface area contributed by atoms with Gasteiger partial charge in [-0.1, -0.05) is 0 Å². The first-order valence-electron chi connectivity index (χ1n) is 7.82. The Morgan fingerprint density at radius 1 is 1.50 bits per heavy atom. The Labute approximate surface area is 124 Å². The molecule has 1 aromatic heterocycles.